The molecule has 2 aliphatic rings. The first-order valence-electron chi connectivity index (χ1n) is 8.86. The minimum absolute atomic E-state index is 0.0114. The third-order valence-corrected chi connectivity index (χ3v) is 5.12. The maximum atomic E-state index is 12.8. The van der Waals surface area contributed by atoms with Crippen LogP contribution in [0.4, 0.5) is 0 Å². The molecule has 0 spiro atoms. The first-order valence-corrected chi connectivity index (χ1v) is 8.86. The van der Waals surface area contributed by atoms with Crippen molar-refractivity contribution in [3.05, 3.63) is 51.8 Å². The fourth-order valence-electron chi connectivity index (χ4n) is 3.89. The topological polar surface area (TPSA) is 42.3 Å². The largest absolute Gasteiger partial charge is 0.339 e. The van der Waals surface area contributed by atoms with Crippen molar-refractivity contribution in [2.75, 3.05) is 13.1 Å². The van der Waals surface area contributed by atoms with Crippen molar-refractivity contribution in [3.63, 3.8) is 0 Å². The summed E-state index contributed by atoms with van der Waals surface area (Å²) in [5.41, 5.74) is 2.92. The average Bonchev–Trinajstić information content (AvgIpc) is 2.64. The van der Waals surface area contributed by atoms with Crippen LogP contribution in [0, 0.1) is 0 Å². The van der Waals surface area contributed by atoms with Crippen LogP contribution < -0.4 is 5.56 Å². The third kappa shape index (κ3) is 2.66. The van der Waals surface area contributed by atoms with Gasteiger partial charge in [0, 0.05) is 31.3 Å². The smallest absolute Gasteiger partial charge is 0.258 e. The highest BCUT2D eigenvalue weighted by atomic mass is 16.2. The maximum absolute atomic E-state index is 12.8. The summed E-state index contributed by atoms with van der Waals surface area (Å²) >= 11 is 0. The van der Waals surface area contributed by atoms with Crippen molar-refractivity contribution in [1.29, 1.82) is 0 Å². The van der Waals surface area contributed by atoms with E-state index in [-0.39, 0.29) is 11.5 Å². The van der Waals surface area contributed by atoms with Gasteiger partial charge in [0.25, 0.3) is 5.56 Å². The Bertz CT molecular complexity index is 873. The van der Waals surface area contributed by atoms with Crippen molar-refractivity contribution >= 4 is 22.9 Å². The molecule has 1 fully saturated rings. The number of nitrogens with zero attached hydrogens (tertiary/aromatic N) is 2. The van der Waals surface area contributed by atoms with E-state index in [1.165, 1.54) is 12.0 Å². The van der Waals surface area contributed by atoms with Crippen LogP contribution in [0.1, 0.15) is 36.8 Å². The zero-order valence-electron chi connectivity index (χ0n) is 13.8. The quantitative estimate of drug-likeness (QED) is 0.798. The molecule has 1 aromatic carbocycles. The highest BCUT2D eigenvalue weighted by Crippen LogP contribution is 2.24. The molecule has 0 saturated carbocycles. The minimum Gasteiger partial charge on any atom is -0.339 e. The highest BCUT2D eigenvalue weighted by molar-refractivity contribution is 5.93. The van der Waals surface area contributed by atoms with Gasteiger partial charge in [-0.25, -0.2) is 0 Å². The van der Waals surface area contributed by atoms with Gasteiger partial charge in [-0.15, -0.1) is 0 Å². The van der Waals surface area contributed by atoms with E-state index >= 15 is 0 Å². The summed E-state index contributed by atoms with van der Waals surface area (Å²) in [7, 11) is 0. The Morgan fingerprint density at radius 1 is 1.04 bits per heavy atom. The second kappa shape index (κ2) is 6.27. The summed E-state index contributed by atoms with van der Waals surface area (Å²) in [6.07, 6.45) is 8.63. The lowest BCUT2D eigenvalue weighted by atomic mass is 10.00. The summed E-state index contributed by atoms with van der Waals surface area (Å²) in [6.45, 7) is 2.41. The molecule has 1 amide bonds. The van der Waals surface area contributed by atoms with E-state index in [9.17, 15) is 9.59 Å². The number of rotatable bonds is 2. The van der Waals surface area contributed by atoms with Crippen LogP contribution in [0.25, 0.3) is 17.0 Å². The second-order valence-electron chi connectivity index (χ2n) is 6.73. The van der Waals surface area contributed by atoms with E-state index in [0.29, 0.717) is 5.56 Å². The van der Waals surface area contributed by atoms with E-state index in [4.69, 9.17) is 0 Å². The van der Waals surface area contributed by atoms with E-state index in [0.717, 1.165) is 56.2 Å². The van der Waals surface area contributed by atoms with Gasteiger partial charge < -0.3 is 9.47 Å². The molecular formula is C20H22N2O2. The molecule has 1 aromatic heterocycles. The molecule has 1 saturated heterocycles. The maximum Gasteiger partial charge on any atom is 0.258 e. The van der Waals surface area contributed by atoms with Crippen LogP contribution in [-0.2, 0) is 17.8 Å². The molecular weight excluding hydrogens is 300 g/mol. The third-order valence-electron chi connectivity index (χ3n) is 5.12. The molecule has 0 aliphatic carbocycles. The number of hydrogen-bond donors (Lipinski definition) is 0. The number of para-hydroxylation sites is 1. The van der Waals surface area contributed by atoms with Gasteiger partial charge in [-0.1, -0.05) is 18.2 Å². The van der Waals surface area contributed by atoms with Crippen molar-refractivity contribution in [3.8, 4) is 0 Å². The van der Waals surface area contributed by atoms with E-state index in [2.05, 4.69) is 6.07 Å². The number of likely N-dealkylation sites (tertiary alicyclic amines) is 1. The van der Waals surface area contributed by atoms with Gasteiger partial charge in [-0.05, 0) is 55.2 Å². The lowest BCUT2D eigenvalue weighted by Gasteiger charge is -2.25. The Balaban J connectivity index is 1.70. The first kappa shape index (κ1) is 15.2. The fourth-order valence-corrected chi connectivity index (χ4v) is 3.89. The zero-order chi connectivity index (χ0) is 16.5. The summed E-state index contributed by atoms with van der Waals surface area (Å²) < 4.78 is 1.87. The van der Waals surface area contributed by atoms with E-state index in [1.54, 1.807) is 12.2 Å². The molecule has 24 heavy (non-hydrogen) atoms. The predicted octanol–water partition coefficient (Wildman–Crippen LogP) is 2.97. The van der Waals surface area contributed by atoms with Gasteiger partial charge >= 0.3 is 0 Å². The van der Waals surface area contributed by atoms with Crippen LogP contribution in [0.15, 0.2) is 35.1 Å². The molecule has 0 atom stereocenters. The standard InChI is InChI=1S/C20H22N2O2/c23-18(21-11-2-1-3-12-21)10-9-17-14-16-7-4-6-15-8-5-13-22(19(15)16)20(17)24/h4,6-7,9-10,14H,1-3,5,8,11-13H2/b10-9+. The Kier molecular flexibility index (Phi) is 3.97. The van der Waals surface area contributed by atoms with Gasteiger partial charge in [0.05, 0.1) is 5.52 Å². The van der Waals surface area contributed by atoms with Crippen LogP contribution in [-0.4, -0.2) is 28.5 Å². The fraction of sp³-hybridized carbons (Fsp3) is 0.400. The normalized spacial score (nSPS) is 17.6. The monoisotopic (exact) mass is 322 g/mol. The molecule has 0 radical (unpaired) electrons. The van der Waals surface area contributed by atoms with Crippen molar-refractivity contribution in [2.24, 2.45) is 0 Å². The summed E-state index contributed by atoms with van der Waals surface area (Å²) in [6, 6.07) is 8.11. The predicted molar refractivity (Wildman–Crippen MR) is 96.0 cm³/mol. The zero-order valence-corrected chi connectivity index (χ0v) is 13.8. The van der Waals surface area contributed by atoms with E-state index in [1.807, 2.05) is 27.7 Å². The van der Waals surface area contributed by atoms with Crippen molar-refractivity contribution in [2.45, 2.75) is 38.6 Å². The van der Waals surface area contributed by atoms with Gasteiger partial charge in [0.2, 0.25) is 5.91 Å². The highest BCUT2D eigenvalue weighted by Gasteiger charge is 2.16. The Labute approximate surface area is 141 Å². The number of hydrogen-bond acceptors (Lipinski definition) is 2. The molecule has 3 heterocycles. The molecule has 4 rings (SSSR count). The first-order chi connectivity index (χ1) is 11.7. The summed E-state index contributed by atoms with van der Waals surface area (Å²) in [4.78, 5) is 26.9. The lowest BCUT2D eigenvalue weighted by molar-refractivity contribution is -0.126. The van der Waals surface area contributed by atoms with Gasteiger partial charge in [0.15, 0.2) is 0 Å². The van der Waals surface area contributed by atoms with Crippen LogP contribution in [0.5, 0.6) is 0 Å². The number of pyridine rings is 1. The minimum atomic E-state index is 0.0114. The van der Waals surface area contributed by atoms with E-state index < -0.39 is 0 Å². The number of aryl methyl sites for hydroxylation is 2. The Hall–Kier alpha value is -2.36. The lowest BCUT2D eigenvalue weighted by Crippen LogP contribution is -2.34. The number of aromatic nitrogens is 1. The average molecular weight is 322 g/mol. The molecule has 0 unspecified atom stereocenters. The summed E-state index contributed by atoms with van der Waals surface area (Å²) in [5, 5.41) is 1.08. The van der Waals surface area contributed by atoms with Crippen LogP contribution >= 0.6 is 0 Å². The van der Waals surface area contributed by atoms with Crippen molar-refractivity contribution < 1.29 is 4.79 Å². The van der Waals surface area contributed by atoms with Crippen molar-refractivity contribution in [1.82, 2.24) is 9.47 Å². The molecule has 0 N–H and O–H groups in total. The molecule has 2 aromatic rings. The number of benzene rings is 1. The Morgan fingerprint density at radius 3 is 2.71 bits per heavy atom. The molecule has 124 valence electrons. The molecule has 4 heteroatoms. The van der Waals surface area contributed by atoms with Gasteiger partial charge in [-0.3, -0.25) is 9.59 Å². The number of piperidine rings is 1. The molecule has 4 nitrogen and oxygen atoms in total. The molecule has 0 bridgehead atoms. The SMILES string of the molecule is O=C(/C=C/c1cc2cccc3c2n(c1=O)CCC3)N1CCCCC1. The number of carbonyl (C=O) groups is 1. The van der Waals surface area contributed by atoms with Crippen LogP contribution in [0.2, 0.25) is 0 Å². The number of carbonyl (C=O) groups excluding carboxylic acids is 1. The van der Waals surface area contributed by atoms with Crippen LogP contribution in [0.3, 0.4) is 0 Å². The second-order valence-corrected chi connectivity index (χ2v) is 6.73. The van der Waals surface area contributed by atoms with Gasteiger partial charge in [0.1, 0.15) is 0 Å². The Morgan fingerprint density at radius 2 is 1.88 bits per heavy atom. The summed E-state index contributed by atoms with van der Waals surface area (Å²) in [5.74, 6) is 0.0154. The van der Waals surface area contributed by atoms with Gasteiger partial charge in [-0.2, -0.15) is 0 Å². The molecule has 2 aliphatic heterocycles. The number of amides is 1.